The lowest BCUT2D eigenvalue weighted by Crippen LogP contribution is -1.85. The van der Waals surface area contributed by atoms with Crippen molar-refractivity contribution in [3.8, 4) is 17.3 Å². The molecule has 0 aliphatic carbocycles. The van der Waals surface area contributed by atoms with E-state index in [9.17, 15) is 0 Å². The maximum Gasteiger partial charge on any atom is 0.101 e. The minimum Gasteiger partial charge on any atom is -0.361 e. The van der Waals surface area contributed by atoms with Crippen LogP contribution in [0.15, 0.2) is 41.0 Å². The monoisotopic (exact) mass is 246 g/mol. The average Bonchev–Trinajstić information content (AvgIpc) is 2.70. The minimum absolute atomic E-state index is 0.662. The SMILES string of the molecule is N#Cc1c(Br)cccc1-c1ccc[nH]1. The molecule has 3 heteroatoms. The van der Waals surface area contributed by atoms with Gasteiger partial charge in [0.1, 0.15) is 6.07 Å². The lowest BCUT2D eigenvalue weighted by molar-refractivity contribution is 1.38. The van der Waals surface area contributed by atoms with Gasteiger partial charge in [0.25, 0.3) is 0 Å². The molecule has 14 heavy (non-hydrogen) atoms. The van der Waals surface area contributed by atoms with Crippen LogP contribution < -0.4 is 0 Å². The first-order chi connectivity index (χ1) is 6.83. The van der Waals surface area contributed by atoms with Crippen LogP contribution >= 0.6 is 15.9 Å². The Hall–Kier alpha value is -1.53. The summed E-state index contributed by atoms with van der Waals surface area (Å²) in [5.74, 6) is 0. The van der Waals surface area contributed by atoms with Crippen molar-refractivity contribution in [1.82, 2.24) is 4.98 Å². The molecule has 0 atom stereocenters. The molecule has 1 aromatic carbocycles. The van der Waals surface area contributed by atoms with Gasteiger partial charge in [-0.1, -0.05) is 12.1 Å². The van der Waals surface area contributed by atoms with Crippen molar-refractivity contribution >= 4 is 15.9 Å². The molecular formula is C11H7BrN2. The molecule has 2 nitrogen and oxygen atoms in total. The van der Waals surface area contributed by atoms with Crippen molar-refractivity contribution in [3.63, 3.8) is 0 Å². The van der Waals surface area contributed by atoms with E-state index >= 15 is 0 Å². The number of aromatic nitrogens is 1. The normalized spacial score (nSPS) is 9.71. The van der Waals surface area contributed by atoms with Crippen molar-refractivity contribution in [1.29, 1.82) is 5.26 Å². The molecule has 0 spiro atoms. The van der Waals surface area contributed by atoms with Gasteiger partial charge in [0, 0.05) is 21.9 Å². The molecule has 0 amide bonds. The molecule has 0 bridgehead atoms. The number of hydrogen-bond donors (Lipinski definition) is 1. The fourth-order valence-corrected chi connectivity index (χ4v) is 1.81. The Morgan fingerprint density at radius 2 is 2.07 bits per heavy atom. The van der Waals surface area contributed by atoms with Crippen LogP contribution in [0.3, 0.4) is 0 Å². The standard InChI is InChI=1S/C11H7BrN2/c12-10-4-1-3-8(9(10)7-13)11-5-2-6-14-11/h1-6,14H. The smallest absolute Gasteiger partial charge is 0.101 e. The van der Waals surface area contributed by atoms with Crippen molar-refractivity contribution in [2.24, 2.45) is 0 Å². The maximum absolute atomic E-state index is 9.00. The van der Waals surface area contributed by atoms with E-state index in [2.05, 4.69) is 27.0 Å². The van der Waals surface area contributed by atoms with Crippen LogP contribution in [0.5, 0.6) is 0 Å². The third-order valence-corrected chi connectivity index (χ3v) is 2.67. The number of nitrogens with one attached hydrogen (secondary N) is 1. The summed E-state index contributed by atoms with van der Waals surface area (Å²) in [6.07, 6.45) is 1.84. The number of nitriles is 1. The van der Waals surface area contributed by atoms with Gasteiger partial charge in [-0.05, 0) is 34.1 Å². The van der Waals surface area contributed by atoms with Crippen molar-refractivity contribution in [3.05, 3.63) is 46.6 Å². The summed E-state index contributed by atoms with van der Waals surface area (Å²) >= 11 is 3.36. The quantitative estimate of drug-likeness (QED) is 0.824. The number of hydrogen-bond acceptors (Lipinski definition) is 1. The molecule has 0 aliphatic heterocycles. The van der Waals surface area contributed by atoms with Gasteiger partial charge in [-0.2, -0.15) is 5.26 Å². The highest BCUT2D eigenvalue weighted by molar-refractivity contribution is 9.10. The molecule has 2 aromatic rings. The summed E-state index contributed by atoms with van der Waals surface area (Å²) < 4.78 is 0.826. The number of H-pyrrole nitrogens is 1. The first-order valence-electron chi connectivity index (χ1n) is 4.15. The zero-order valence-corrected chi connectivity index (χ0v) is 8.88. The summed E-state index contributed by atoms with van der Waals surface area (Å²) in [6.45, 7) is 0. The van der Waals surface area contributed by atoms with Crippen LogP contribution in [0.4, 0.5) is 0 Å². The fourth-order valence-electron chi connectivity index (χ4n) is 1.36. The van der Waals surface area contributed by atoms with E-state index in [-0.39, 0.29) is 0 Å². The number of rotatable bonds is 1. The molecule has 0 aliphatic rings. The van der Waals surface area contributed by atoms with E-state index in [1.807, 2.05) is 36.5 Å². The second kappa shape index (κ2) is 3.69. The topological polar surface area (TPSA) is 39.6 Å². The van der Waals surface area contributed by atoms with Crippen molar-refractivity contribution in [2.45, 2.75) is 0 Å². The molecule has 0 saturated carbocycles. The number of halogens is 1. The lowest BCUT2D eigenvalue weighted by atomic mass is 10.1. The summed E-state index contributed by atoms with van der Waals surface area (Å²) in [6, 6.07) is 11.8. The summed E-state index contributed by atoms with van der Waals surface area (Å²) in [4.78, 5) is 3.08. The highest BCUT2D eigenvalue weighted by Crippen LogP contribution is 2.27. The Morgan fingerprint density at radius 1 is 1.21 bits per heavy atom. The zero-order valence-electron chi connectivity index (χ0n) is 7.29. The van der Waals surface area contributed by atoms with Gasteiger partial charge in [-0.25, -0.2) is 0 Å². The van der Waals surface area contributed by atoms with Crippen LogP contribution in [-0.2, 0) is 0 Å². The van der Waals surface area contributed by atoms with Crippen LogP contribution in [0.2, 0.25) is 0 Å². The molecule has 0 fully saturated rings. The molecule has 0 unspecified atom stereocenters. The van der Waals surface area contributed by atoms with E-state index in [0.717, 1.165) is 15.7 Å². The molecule has 2 rings (SSSR count). The average molecular weight is 247 g/mol. The Kier molecular flexibility index (Phi) is 2.38. The van der Waals surface area contributed by atoms with Gasteiger partial charge >= 0.3 is 0 Å². The zero-order chi connectivity index (χ0) is 9.97. The Balaban J connectivity index is 2.66. The van der Waals surface area contributed by atoms with Gasteiger partial charge in [-0.3, -0.25) is 0 Å². The van der Waals surface area contributed by atoms with Gasteiger partial charge < -0.3 is 4.98 Å². The maximum atomic E-state index is 9.00. The second-order valence-electron chi connectivity index (χ2n) is 2.86. The first kappa shape index (κ1) is 9.04. The summed E-state index contributed by atoms with van der Waals surface area (Å²) in [5, 5.41) is 9.00. The van der Waals surface area contributed by atoms with Gasteiger partial charge in [0.05, 0.1) is 5.56 Å². The Bertz CT molecular complexity index is 480. The first-order valence-corrected chi connectivity index (χ1v) is 4.94. The molecule has 1 heterocycles. The fraction of sp³-hybridized carbons (Fsp3) is 0. The number of aromatic amines is 1. The third-order valence-electron chi connectivity index (χ3n) is 2.01. The van der Waals surface area contributed by atoms with E-state index in [1.54, 1.807) is 0 Å². The predicted molar refractivity (Wildman–Crippen MR) is 58.6 cm³/mol. The Morgan fingerprint density at radius 3 is 2.71 bits per heavy atom. The van der Waals surface area contributed by atoms with E-state index in [1.165, 1.54) is 0 Å². The molecular weight excluding hydrogens is 240 g/mol. The molecule has 1 aromatic heterocycles. The van der Waals surface area contributed by atoms with Crippen LogP contribution in [-0.4, -0.2) is 4.98 Å². The third kappa shape index (κ3) is 1.45. The molecule has 1 N–H and O–H groups in total. The van der Waals surface area contributed by atoms with E-state index in [4.69, 9.17) is 5.26 Å². The van der Waals surface area contributed by atoms with E-state index < -0.39 is 0 Å². The van der Waals surface area contributed by atoms with Gasteiger partial charge in [-0.15, -0.1) is 0 Å². The van der Waals surface area contributed by atoms with Gasteiger partial charge in [0.15, 0.2) is 0 Å². The predicted octanol–water partition coefficient (Wildman–Crippen LogP) is 3.32. The molecule has 0 saturated heterocycles. The van der Waals surface area contributed by atoms with Crippen molar-refractivity contribution < 1.29 is 0 Å². The van der Waals surface area contributed by atoms with E-state index in [0.29, 0.717) is 5.56 Å². The van der Waals surface area contributed by atoms with Crippen LogP contribution in [0.1, 0.15) is 5.56 Å². The summed E-state index contributed by atoms with van der Waals surface area (Å²) in [5.41, 5.74) is 2.55. The Labute approximate surface area is 90.3 Å². The minimum atomic E-state index is 0.662. The highest BCUT2D eigenvalue weighted by atomic mass is 79.9. The highest BCUT2D eigenvalue weighted by Gasteiger charge is 2.07. The summed E-state index contributed by atoms with van der Waals surface area (Å²) in [7, 11) is 0. The van der Waals surface area contributed by atoms with Crippen molar-refractivity contribution in [2.75, 3.05) is 0 Å². The largest absolute Gasteiger partial charge is 0.361 e. The van der Waals surface area contributed by atoms with Gasteiger partial charge in [0.2, 0.25) is 0 Å². The molecule has 0 radical (unpaired) electrons. The van der Waals surface area contributed by atoms with Crippen LogP contribution in [0.25, 0.3) is 11.3 Å². The molecule has 68 valence electrons. The van der Waals surface area contributed by atoms with Crippen LogP contribution in [0, 0.1) is 11.3 Å². The number of nitrogens with zero attached hydrogens (tertiary/aromatic N) is 1. The lowest BCUT2D eigenvalue weighted by Gasteiger charge is -2.02. The second-order valence-corrected chi connectivity index (χ2v) is 3.71. The number of benzene rings is 1.